The number of carbonyl (C=O) groups excluding carboxylic acids is 2. The summed E-state index contributed by atoms with van der Waals surface area (Å²) in [6.07, 6.45) is -3.58. The first kappa shape index (κ1) is 18.0. The topological polar surface area (TPSA) is 99.4 Å². The molecule has 1 saturated carbocycles. The summed E-state index contributed by atoms with van der Waals surface area (Å²) in [6.45, 7) is 1.56. The molecule has 1 rings (SSSR count). The third-order valence-electron chi connectivity index (χ3n) is 3.89. The quantitative estimate of drug-likeness (QED) is 0.352. The molecule has 0 heterocycles. The summed E-state index contributed by atoms with van der Waals surface area (Å²) in [5.74, 6) is -0.800. The van der Waals surface area contributed by atoms with Crippen LogP contribution < -0.4 is 5.32 Å². The number of nitrogens with one attached hydrogen (secondary N) is 2. The standard InChI is InChI=1S/C13H16F3N3O3/c1-12(11(21)19-22)4-2-9(3-5-12)18-10(13(14,15)16)8(6-17)7-20/h6-7,9,17-18H,2-5H2,1H3/b10-8+,17-6?. The lowest BCUT2D eigenvalue weighted by atomic mass is 9.73. The van der Waals surface area contributed by atoms with Gasteiger partial charge in [-0.25, -0.2) is 0 Å². The zero-order valence-corrected chi connectivity index (χ0v) is 11.9. The molecule has 1 amide bonds. The smallest absolute Gasteiger partial charge is 0.378 e. The Bertz CT molecular complexity index is 496. The van der Waals surface area contributed by atoms with Crippen LogP contribution in [0.1, 0.15) is 32.6 Å². The van der Waals surface area contributed by atoms with E-state index in [0.29, 0.717) is 6.21 Å². The summed E-state index contributed by atoms with van der Waals surface area (Å²) in [6, 6.07) is -0.598. The molecular weight excluding hydrogens is 303 g/mol. The molecule has 1 aliphatic rings. The highest BCUT2D eigenvalue weighted by atomic mass is 19.4. The first-order valence-electron chi connectivity index (χ1n) is 6.59. The lowest BCUT2D eigenvalue weighted by Crippen LogP contribution is -2.42. The Morgan fingerprint density at radius 2 is 1.91 bits per heavy atom. The number of rotatable bonds is 5. The normalized spacial score (nSPS) is 26.6. The summed E-state index contributed by atoms with van der Waals surface area (Å²) in [5, 5.41) is 11.5. The molecule has 0 unspecified atom stereocenters. The van der Waals surface area contributed by atoms with Gasteiger partial charge in [-0.15, -0.1) is 4.91 Å². The Hall–Kier alpha value is -2.06. The highest BCUT2D eigenvalue weighted by Crippen LogP contribution is 2.38. The van der Waals surface area contributed by atoms with Crippen molar-refractivity contribution in [2.24, 2.45) is 10.6 Å². The molecule has 0 bridgehead atoms. The molecule has 2 N–H and O–H groups in total. The van der Waals surface area contributed by atoms with Crippen LogP contribution in [-0.4, -0.2) is 30.6 Å². The minimum absolute atomic E-state index is 0.0321. The fraction of sp³-hybridized carbons (Fsp3) is 0.615. The van der Waals surface area contributed by atoms with E-state index in [1.165, 1.54) is 0 Å². The highest BCUT2D eigenvalue weighted by molar-refractivity contribution is 6.01. The van der Waals surface area contributed by atoms with E-state index in [9.17, 15) is 27.7 Å². The van der Waals surface area contributed by atoms with E-state index in [4.69, 9.17) is 5.41 Å². The minimum Gasteiger partial charge on any atom is -0.378 e. The van der Waals surface area contributed by atoms with Gasteiger partial charge in [0.05, 0.1) is 11.0 Å². The second kappa shape index (κ2) is 6.80. The molecule has 0 saturated heterocycles. The Balaban J connectivity index is 2.86. The maximum Gasteiger partial charge on any atom is 0.431 e. The SMILES string of the molecule is CC1(C(=O)N=O)CCC(N/C(=C(\C=N)C=O)C(F)(F)F)CC1. The van der Waals surface area contributed by atoms with Gasteiger partial charge in [0.15, 0.2) is 6.29 Å². The zero-order valence-electron chi connectivity index (χ0n) is 11.9. The second-order valence-electron chi connectivity index (χ2n) is 5.47. The molecule has 0 atom stereocenters. The van der Waals surface area contributed by atoms with Crippen molar-refractivity contribution >= 4 is 18.4 Å². The number of aldehydes is 1. The molecule has 0 radical (unpaired) electrons. The Morgan fingerprint density at radius 3 is 2.27 bits per heavy atom. The fourth-order valence-electron chi connectivity index (χ4n) is 2.42. The van der Waals surface area contributed by atoms with Gasteiger partial charge < -0.3 is 10.7 Å². The maximum atomic E-state index is 12.9. The summed E-state index contributed by atoms with van der Waals surface area (Å²) in [5.41, 5.74) is -2.99. The number of alkyl halides is 3. The van der Waals surface area contributed by atoms with Gasteiger partial charge in [0.25, 0.3) is 5.91 Å². The van der Waals surface area contributed by atoms with Crippen molar-refractivity contribution in [1.82, 2.24) is 5.32 Å². The third-order valence-corrected chi connectivity index (χ3v) is 3.89. The van der Waals surface area contributed by atoms with Crippen LogP contribution in [0, 0.1) is 15.7 Å². The van der Waals surface area contributed by atoms with Gasteiger partial charge in [0, 0.05) is 17.4 Å². The molecule has 122 valence electrons. The predicted molar refractivity (Wildman–Crippen MR) is 72.2 cm³/mol. The van der Waals surface area contributed by atoms with E-state index >= 15 is 0 Å². The van der Waals surface area contributed by atoms with Crippen molar-refractivity contribution in [3.63, 3.8) is 0 Å². The third kappa shape index (κ3) is 3.99. The largest absolute Gasteiger partial charge is 0.431 e. The van der Waals surface area contributed by atoms with Crippen molar-refractivity contribution < 1.29 is 22.8 Å². The number of nitroso groups, excluding NO2 is 1. The molecule has 22 heavy (non-hydrogen) atoms. The van der Waals surface area contributed by atoms with Crippen molar-refractivity contribution in [2.75, 3.05) is 0 Å². The average molecular weight is 319 g/mol. The highest BCUT2D eigenvalue weighted by Gasteiger charge is 2.41. The first-order chi connectivity index (χ1) is 10.2. The van der Waals surface area contributed by atoms with Crippen LogP contribution in [0.25, 0.3) is 0 Å². The van der Waals surface area contributed by atoms with Gasteiger partial charge in [0.1, 0.15) is 5.70 Å². The average Bonchev–Trinajstić information content (AvgIpc) is 2.47. The molecule has 0 spiro atoms. The van der Waals surface area contributed by atoms with Crippen LogP contribution in [0.4, 0.5) is 13.2 Å². The number of carbonyl (C=O) groups is 2. The molecule has 1 aliphatic carbocycles. The van der Waals surface area contributed by atoms with Crippen LogP contribution >= 0.6 is 0 Å². The van der Waals surface area contributed by atoms with Crippen LogP contribution in [-0.2, 0) is 9.59 Å². The molecule has 0 aliphatic heterocycles. The minimum atomic E-state index is -4.78. The van der Waals surface area contributed by atoms with Crippen LogP contribution in [0.2, 0.25) is 0 Å². The first-order valence-corrected chi connectivity index (χ1v) is 6.59. The molecule has 0 aromatic carbocycles. The van der Waals surface area contributed by atoms with Gasteiger partial charge in [0.2, 0.25) is 0 Å². The zero-order chi connectivity index (χ0) is 17.0. The Kier molecular flexibility index (Phi) is 5.56. The molecule has 1 fully saturated rings. The Labute approximate surface area is 124 Å². The Morgan fingerprint density at radius 1 is 1.36 bits per heavy atom. The lowest BCUT2D eigenvalue weighted by Gasteiger charge is -2.35. The van der Waals surface area contributed by atoms with Gasteiger partial charge in [-0.2, -0.15) is 13.2 Å². The summed E-state index contributed by atoms with van der Waals surface area (Å²) in [7, 11) is 0. The lowest BCUT2D eigenvalue weighted by molar-refractivity contribution is -0.128. The number of amides is 1. The summed E-state index contributed by atoms with van der Waals surface area (Å²) >= 11 is 0. The van der Waals surface area contributed by atoms with Crippen molar-refractivity contribution in [2.45, 2.75) is 44.8 Å². The fourth-order valence-corrected chi connectivity index (χ4v) is 2.42. The van der Waals surface area contributed by atoms with E-state index in [2.05, 4.69) is 10.5 Å². The van der Waals surface area contributed by atoms with Gasteiger partial charge >= 0.3 is 6.18 Å². The molecule has 9 heteroatoms. The van der Waals surface area contributed by atoms with E-state index in [1.807, 2.05) is 0 Å². The molecule has 0 aromatic heterocycles. The number of nitrogens with zero attached hydrogens (tertiary/aromatic N) is 1. The number of allylic oxidation sites excluding steroid dienone is 2. The van der Waals surface area contributed by atoms with E-state index in [1.54, 1.807) is 6.92 Å². The van der Waals surface area contributed by atoms with Crippen LogP contribution in [0.3, 0.4) is 0 Å². The maximum absolute atomic E-state index is 12.9. The van der Waals surface area contributed by atoms with E-state index in [-0.39, 0.29) is 32.0 Å². The van der Waals surface area contributed by atoms with Crippen LogP contribution in [0.15, 0.2) is 16.4 Å². The summed E-state index contributed by atoms with van der Waals surface area (Å²) in [4.78, 5) is 32.4. The van der Waals surface area contributed by atoms with Gasteiger partial charge in [-0.05, 0) is 25.7 Å². The molecule has 6 nitrogen and oxygen atoms in total. The number of halogens is 3. The predicted octanol–water partition coefficient (Wildman–Crippen LogP) is 2.48. The monoisotopic (exact) mass is 319 g/mol. The van der Waals surface area contributed by atoms with Crippen LogP contribution in [0.5, 0.6) is 0 Å². The molecular formula is C13H16F3N3O3. The summed E-state index contributed by atoms with van der Waals surface area (Å²) < 4.78 is 38.8. The number of hydrogen-bond acceptors (Lipinski definition) is 5. The van der Waals surface area contributed by atoms with E-state index < -0.39 is 34.8 Å². The van der Waals surface area contributed by atoms with Crippen molar-refractivity contribution in [1.29, 1.82) is 5.41 Å². The van der Waals surface area contributed by atoms with E-state index in [0.717, 1.165) is 0 Å². The van der Waals surface area contributed by atoms with Gasteiger partial charge in [-0.3, -0.25) is 9.59 Å². The van der Waals surface area contributed by atoms with Crippen molar-refractivity contribution in [3.05, 3.63) is 16.2 Å². The second-order valence-corrected chi connectivity index (χ2v) is 5.47. The van der Waals surface area contributed by atoms with Crippen molar-refractivity contribution in [3.8, 4) is 0 Å². The van der Waals surface area contributed by atoms with Gasteiger partial charge in [-0.1, -0.05) is 6.92 Å². The molecule has 0 aromatic rings. The number of hydrogen-bond donors (Lipinski definition) is 2.